The van der Waals surface area contributed by atoms with Crippen LogP contribution in [0.5, 0.6) is 11.5 Å². The summed E-state index contributed by atoms with van der Waals surface area (Å²) in [5.74, 6) is -0.142. The second kappa shape index (κ2) is 12.3. The zero-order valence-electron chi connectivity index (χ0n) is 20.3. The summed E-state index contributed by atoms with van der Waals surface area (Å²) in [6, 6.07) is 10.8. The Balaban J connectivity index is 1.97. The van der Waals surface area contributed by atoms with Crippen LogP contribution in [0.4, 0.5) is 4.39 Å². The highest BCUT2D eigenvalue weighted by Gasteiger charge is 2.36. The molecule has 0 saturated heterocycles. The Hall–Kier alpha value is -3.50. The Bertz CT molecular complexity index is 1080. The average molecular weight is 488 g/mol. The fraction of sp³-hybridized carbons (Fsp3) is 0.400. The van der Waals surface area contributed by atoms with Crippen molar-refractivity contribution >= 4 is 17.5 Å². The smallest absolute Gasteiger partial charge is 0.262 e. The first kappa shape index (κ1) is 26.1. The van der Waals surface area contributed by atoms with E-state index in [1.165, 1.54) is 37.3 Å². The van der Waals surface area contributed by atoms with Gasteiger partial charge in [0.05, 0.1) is 32.6 Å². The molecule has 1 aliphatic rings. The van der Waals surface area contributed by atoms with E-state index in [1.807, 2.05) is 0 Å². The molecule has 35 heavy (non-hydrogen) atoms. The molecular formula is C25H30FN3O6. The molecule has 10 heteroatoms. The van der Waals surface area contributed by atoms with Crippen molar-refractivity contribution in [2.75, 3.05) is 54.7 Å². The van der Waals surface area contributed by atoms with Crippen molar-refractivity contribution in [3.8, 4) is 11.5 Å². The third-order valence-corrected chi connectivity index (χ3v) is 5.66. The first-order chi connectivity index (χ1) is 16.9. The van der Waals surface area contributed by atoms with Crippen LogP contribution in [0.3, 0.4) is 0 Å². The third kappa shape index (κ3) is 6.14. The van der Waals surface area contributed by atoms with Gasteiger partial charge in [-0.2, -0.15) is 5.10 Å². The van der Waals surface area contributed by atoms with Crippen LogP contribution in [0.15, 0.2) is 47.6 Å². The lowest BCUT2D eigenvalue weighted by Crippen LogP contribution is -2.44. The molecule has 188 valence electrons. The maximum atomic E-state index is 14.8. The quantitative estimate of drug-likeness (QED) is 0.484. The number of hydrazone groups is 1. The van der Waals surface area contributed by atoms with E-state index in [2.05, 4.69) is 5.10 Å². The van der Waals surface area contributed by atoms with Crippen LogP contribution in [-0.4, -0.2) is 82.2 Å². The second-order valence-electron chi connectivity index (χ2n) is 7.83. The maximum Gasteiger partial charge on any atom is 0.262 e. The summed E-state index contributed by atoms with van der Waals surface area (Å²) in [7, 11) is 5.99. The molecule has 0 unspecified atom stereocenters. The lowest BCUT2D eigenvalue weighted by molar-refractivity contribution is -0.144. The van der Waals surface area contributed by atoms with Gasteiger partial charge in [-0.1, -0.05) is 18.2 Å². The first-order valence-electron chi connectivity index (χ1n) is 11.1. The summed E-state index contributed by atoms with van der Waals surface area (Å²) >= 11 is 0. The van der Waals surface area contributed by atoms with Crippen molar-refractivity contribution in [2.24, 2.45) is 5.10 Å². The Kier molecular flexibility index (Phi) is 9.16. The highest BCUT2D eigenvalue weighted by Crippen LogP contribution is 2.37. The molecule has 0 N–H and O–H groups in total. The van der Waals surface area contributed by atoms with Gasteiger partial charge in [-0.05, 0) is 18.2 Å². The van der Waals surface area contributed by atoms with Gasteiger partial charge in [-0.3, -0.25) is 9.59 Å². The molecule has 9 nitrogen and oxygen atoms in total. The highest BCUT2D eigenvalue weighted by atomic mass is 19.1. The van der Waals surface area contributed by atoms with E-state index in [9.17, 15) is 14.0 Å². The number of hydrogen-bond acceptors (Lipinski definition) is 7. The monoisotopic (exact) mass is 487 g/mol. The van der Waals surface area contributed by atoms with E-state index >= 15 is 0 Å². The first-order valence-corrected chi connectivity index (χ1v) is 11.1. The highest BCUT2D eigenvalue weighted by molar-refractivity contribution is 6.05. The molecule has 3 rings (SSSR count). The number of ether oxygens (including phenoxy) is 4. The van der Waals surface area contributed by atoms with Crippen molar-refractivity contribution in [1.82, 2.24) is 9.91 Å². The van der Waals surface area contributed by atoms with Crippen molar-refractivity contribution in [2.45, 2.75) is 12.5 Å². The van der Waals surface area contributed by atoms with Crippen LogP contribution in [0, 0.1) is 5.82 Å². The number of carbonyl (C=O) groups is 2. The SMILES string of the molecule is COCCN(CC(=O)N1N=C(c2ccc(OC)cc2OC)C[C@H]1c1ccccc1F)C(=O)COC. The van der Waals surface area contributed by atoms with Crippen LogP contribution in [-0.2, 0) is 19.1 Å². The zero-order valence-corrected chi connectivity index (χ0v) is 20.3. The van der Waals surface area contributed by atoms with Gasteiger partial charge in [-0.25, -0.2) is 9.40 Å². The molecule has 1 atom stereocenters. The van der Waals surface area contributed by atoms with Gasteiger partial charge >= 0.3 is 0 Å². The van der Waals surface area contributed by atoms with Gasteiger partial charge in [0.2, 0.25) is 5.91 Å². The van der Waals surface area contributed by atoms with Crippen molar-refractivity contribution < 1.29 is 32.9 Å². The summed E-state index contributed by atoms with van der Waals surface area (Å²) < 4.78 is 35.6. The molecule has 0 bridgehead atoms. The average Bonchev–Trinajstić information content (AvgIpc) is 3.31. The normalized spacial score (nSPS) is 15.1. The van der Waals surface area contributed by atoms with E-state index < -0.39 is 17.8 Å². The number of amides is 2. The van der Waals surface area contributed by atoms with Crippen LogP contribution in [0.25, 0.3) is 0 Å². The molecule has 0 radical (unpaired) electrons. The fourth-order valence-electron chi connectivity index (χ4n) is 3.87. The molecular weight excluding hydrogens is 457 g/mol. The Morgan fingerprint density at radius 2 is 1.86 bits per heavy atom. The Morgan fingerprint density at radius 1 is 1.09 bits per heavy atom. The minimum Gasteiger partial charge on any atom is -0.497 e. The molecule has 0 aliphatic carbocycles. The molecule has 1 aliphatic heterocycles. The standard InChI is InChI=1S/C25H30FN3O6/c1-32-12-11-28(25(31)16-33-2)15-24(30)29-22(18-7-5-6-8-20(18)26)14-21(27-29)19-10-9-17(34-3)13-23(19)35-4/h5-10,13,22H,11-12,14-16H2,1-4H3/t22-/m0/s1. The van der Waals surface area contributed by atoms with Crippen molar-refractivity contribution in [3.05, 3.63) is 59.4 Å². The second-order valence-corrected chi connectivity index (χ2v) is 7.83. The summed E-state index contributed by atoms with van der Waals surface area (Å²) in [5, 5.41) is 5.82. The van der Waals surface area contributed by atoms with Crippen LogP contribution >= 0.6 is 0 Å². The number of halogens is 1. The van der Waals surface area contributed by atoms with Crippen LogP contribution in [0.1, 0.15) is 23.6 Å². The number of nitrogens with zero attached hydrogens (tertiary/aromatic N) is 3. The Morgan fingerprint density at radius 3 is 2.51 bits per heavy atom. The van der Waals surface area contributed by atoms with Crippen LogP contribution < -0.4 is 9.47 Å². The Labute approximate surface area is 204 Å². The molecule has 0 spiro atoms. The molecule has 1 heterocycles. The predicted molar refractivity (Wildman–Crippen MR) is 127 cm³/mol. The minimum absolute atomic E-state index is 0.175. The van der Waals surface area contributed by atoms with Gasteiger partial charge in [0, 0.05) is 44.4 Å². The van der Waals surface area contributed by atoms with Crippen molar-refractivity contribution in [1.29, 1.82) is 0 Å². The largest absolute Gasteiger partial charge is 0.497 e. The summed E-state index contributed by atoms with van der Waals surface area (Å²) in [4.78, 5) is 27.3. The number of methoxy groups -OCH3 is 4. The van der Waals surface area contributed by atoms with Gasteiger partial charge < -0.3 is 23.8 Å². The molecule has 0 fully saturated rings. The predicted octanol–water partition coefficient (Wildman–Crippen LogP) is 2.64. The van der Waals surface area contributed by atoms with Gasteiger partial charge in [0.25, 0.3) is 5.91 Å². The number of rotatable bonds is 11. The number of carbonyl (C=O) groups excluding carboxylic acids is 2. The molecule has 2 aromatic carbocycles. The maximum absolute atomic E-state index is 14.8. The number of hydrogen-bond donors (Lipinski definition) is 0. The van der Waals surface area contributed by atoms with Crippen molar-refractivity contribution in [3.63, 3.8) is 0 Å². The summed E-state index contributed by atoms with van der Waals surface area (Å²) in [6.45, 7) is 0.0148. The zero-order chi connectivity index (χ0) is 25.4. The third-order valence-electron chi connectivity index (χ3n) is 5.66. The van der Waals surface area contributed by atoms with Crippen LogP contribution in [0.2, 0.25) is 0 Å². The van der Waals surface area contributed by atoms with E-state index in [0.717, 1.165) is 0 Å². The molecule has 0 saturated carbocycles. The molecule has 2 amide bonds. The van der Waals surface area contributed by atoms with E-state index in [0.29, 0.717) is 28.3 Å². The van der Waals surface area contributed by atoms with Gasteiger partial charge in [-0.15, -0.1) is 0 Å². The van der Waals surface area contributed by atoms with Gasteiger partial charge in [0.1, 0.15) is 30.5 Å². The van der Waals surface area contributed by atoms with Gasteiger partial charge in [0.15, 0.2) is 0 Å². The van der Waals surface area contributed by atoms with E-state index in [-0.39, 0.29) is 38.6 Å². The topological polar surface area (TPSA) is 89.9 Å². The van der Waals surface area contributed by atoms with E-state index in [1.54, 1.807) is 43.5 Å². The summed E-state index contributed by atoms with van der Waals surface area (Å²) in [5.41, 5.74) is 1.55. The van der Waals surface area contributed by atoms with E-state index in [4.69, 9.17) is 18.9 Å². The fourth-order valence-corrected chi connectivity index (χ4v) is 3.87. The minimum atomic E-state index is -0.688. The lowest BCUT2D eigenvalue weighted by atomic mass is 9.97. The lowest BCUT2D eigenvalue weighted by Gasteiger charge is -2.27. The number of benzene rings is 2. The summed E-state index contributed by atoms with van der Waals surface area (Å²) in [6.07, 6.45) is 0.263. The molecule has 2 aromatic rings. The molecule has 0 aromatic heterocycles.